The predicted octanol–water partition coefficient (Wildman–Crippen LogP) is 6.78. The van der Waals surface area contributed by atoms with Gasteiger partial charge < -0.3 is 15.1 Å². The number of aryl methyl sites for hydroxylation is 1. The fraction of sp³-hybridized carbons (Fsp3) is 0.185. The molecule has 0 saturated carbocycles. The summed E-state index contributed by atoms with van der Waals surface area (Å²) < 4.78 is 5.84. The van der Waals surface area contributed by atoms with Crippen LogP contribution in [0.25, 0.3) is 11.3 Å². The molecule has 32 heavy (non-hydrogen) atoms. The minimum Gasteiger partial charge on any atom is -0.441 e. The number of amides is 1. The van der Waals surface area contributed by atoms with Crippen molar-refractivity contribution in [1.82, 2.24) is 4.98 Å². The van der Waals surface area contributed by atoms with Gasteiger partial charge in [0.2, 0.25) is 5.91 Å². The Bertz CT molecular complexity index is 1150. The Morgan fingerprint density at radius 2 is 1.53 bits per heavy atom. The SMILES string of the molecule is CC(C)c1ccc(-c2cnc(CCC(=O)Nc3ccc(Nc4ccccc4)cc3)o2)cc1. The van der Waals surface area contributed by atoms with E-state index in [1.165, 1.54) is 5.56 Å². The fourth-order valence-corrected chi connectivity index (χ4v) is 3.36. The number of hydrogen-bond donors (Lipinski definition) is 2. The summed E-state index contributed by atoms with van der Waals surface area (Å²) in [6, 6.07) is 25.9. The van der Waals surface area contributed by atoms with Crippen LogP contribution in [0, 0.1) is 0 Å². The number of carbonyl (C=O) groups is 1. The highest BCUT2D eigenvalue weighted by molar-refractivity contribution is 5.91. The molecule has 0 fully saturated rings. The number of aromatic nitrogens is 1. The van der Waals surface area contributed by atoms with Crippen molar-refractivity contribution in [3.05, 3.63) is 96.5 Å². The van der Waals surface area contributed by atoms with Gasteiger partial charge in [-0.25, -0.2) is 4.98 Å². The van der Waals surface area contributed by atoms with Crippen LogP contribution in [0.15, 0.2) is 89.5 Å². The van der Waals surface area contributed by atoms with Gasteiger partial charge in [0.25, 0.3) is 0 Å². The van der Waals surface area contributed by atoms with Crippen molar-refractivity contribution in [3.8, 4) is 11.3 Å². The van der Waals surface area contributed by atoms with E-state index in [2.05, 4.69) is 41.6 Å². The molecule has 1 aromatic heterocycles. The Labute approximate surface area is 188 Å². The summed E-state index contributed by atoms with van der Waals surface area (Å²) in [5.41, 5.74) is 5.01. The molecule has 2 N–H and O–H groups in total. The molecular formula is C27H27N3O2. The Balaban J connectivity index is 1.28. The molecule has 0 bridgehead atoms. The molecule has 4 aromatic rings. The number of carbonyl (C=O) groups excluding carboxylic acids is 1. The minimum atomic E-state index is -0.0743. The highest BCUT2D eigenvalue weighted by Crippen LogP contribution is 2.24. The Hall–Kier alpha value is -3.86. The molecule has 0 saturated heterocycles. The molecular weight excluding hydrogens is 398 g/mol. The molecule has 162 valence electrons. The van der Waals surface area contributed by atoms with Crippen LogP contribution >= 0.6 is 0 Å². The molecule has 0 aliphatic heterocycles. The summed E-state index contributed by atoms with van der Waals surface area (Å²) in [7, 11) is 0. The third-order valence-electron chi connectivity index (χ3n) is 5.21. The summed E-state index contributed by atoms with van der Waals surface area (Å²) >= 11 is 0. The normalized spacial score (nSPS) is 10.8. The summed E-state index contributed by atoms with van der Waals surface area (Å²) in [6.45, 7) is 4.34. The Kier molecular flexibility index (Phi) is 6.66. The van der Waals surface area contributed by atoms with Crippen LogP contribution in [0.3, 0.4) is 0 Å². The third-order valence-corrected chi connectivity index (χ3v) is 5.21. The number of nitrogens with one attached hydrogen (secondary N) is 2. The van der Waals surface area contributed by atoms with E-state index in [1.54, 1.807) is 6.20 Å². The first kappa shape index (κ1) is 21.4. The van der Waals surface area contributed by atoms with E-state index in [9.17, 15) is 4.79 Å². The lowest BCUT2D eigenvalue weighted by Gasteiger charge is -2.08. The largest absolute Gasteiger partial charge is 0.441 e. The van der Waals surface area contributed by atoms with Crippen LogP contribution < -0.4 is 10.6 Å². The van der Waals surface area contributed by atoms with Gasteiger partial charge in [-0.2, -0.15) is 0 Å². The molecule has 5 nitrogen and oxygen atoms in total. The van der Waals surface area contributed by atoms with Gasteiger partial charge in [-0.1, -0.05) is 56.3 Å². The number of hydrogen-bond acceptors (Lipinski definition) is 4. The van der Waals surface area contributed by atoms with Crippen LogP contribution in [0.5, 0.6) is 0 Å². The smallest absolute Gasteiger partial charge is 0.224 e. The lowest BCUT2D eigenvalue weighted by atomic mass is 10.0. The highest BCUT2D eigenvalue weighted by Gasteiger charge is 2.10. The molecule has 0 aliphatic carbocycles. The van der Waals surface area contributed by atoms with Crippen LogP contribution in [0.4, 0.5) is 17.1 Å². The van der Waals surface area contributed by atoms with Crippen molar-refractivity contribution in [2.75, 3.05) is 10.6 Å². The lowest BCUT2D eigenvalue weighted by Crippen LogP contribution is -2.12. The number of rotatable bonds is 8. The van der Waals surface area contributed by atoms with Gasteiger partial charge in [0.15, 0.2) is 11.7 Å². The first-order chi connectivity index (χ1) is 15.6. The van der Waals surface area contributed by atoms with Crippen molar-refractivity contribution in [2.45, 2.75) is 32.6 Å². The molecule has 0 atom stereocenters. The molecule has 1 heterocycles. The van der Waals surface area contributed by atoms with E-state index in [0.717, 1.165) is 28.4 Å². The van der Waals surface area contributed by atoms with E-state index in [-0.39, 0.29) is 5.91 Å². The van der Waals surface area contributed by atoms with Crippen molar-refractivity contribution in [3.63, 3.8) is 0 Å². The number of oxazole rings is 1. The number of nitrogens with zero attached hydrogens (tertiary/aromatic N) is 1. The van der Waals surface area contributed by atoms with Crippen molar-refractivity contribution < 1.29 is 9.21 Å². The Morgan fingerprint density at radius 3 is 2.22 bits per heavy atom. The predicted molar refractivity (Wildman–Crippen MR) is 129 cm³/mol. The van der Waals surface area contributed by atoms with E-state index in [0.29, 0.717) is 24.7 Å². The molecule has 0 unspecified atom stereocenters. The van der Waals surface area contributed by atoms with Crippen LogP contribution in [-0.2, 0) is 11.2 Å². The van der Waals surface area contributed by atoms with Crippen LogP contribution in [0.2, 0.25) is 0 Å². The monoisotopic (exact) mass is 425 g/mol. The van der Waals surface area contributed by atoms with Gasteiger partial charge in [0, 0.05) is 35.5 Å². The van der Waals surface area contributed by atoms with Crippen molar-refractivity contribution in [1.29, 1.82) is 0 Å². The molecule has 3 aromatic carbocycles. The molecule has 0 radical (unpaired) electrons. The highest BCUT2D eigenvalue weighted by atomic mass is 16.4. The summed E-state index contributed by atoms with van der Waals surface area (Å²) in [6.07, 6.45) is 2.47. The average molecular weight is 426 g/mol. The zero-order valence-corrected chi connectivity index (χ0v) is 18.3. The standard InChI is InChI=1S/C27H27N3O2/c1-19(2)20-8-10-21(11-9-20)25-18-28-27(32-25)17-16-26(31)30-24-14-12-23(13-15-24)29-22-6-4-3-5-7-22/h3-15,18-19,29H,16-17H2,1-2H3,(H,30,31). The van der Waals surface area contributed by atoms with Crippen molar-refractivity contribution in [2.24, 2.45) is 0 Å². The van der Waals surface area contributed by atoms with E-state index in [4.69, 9.17) is 4.42 Å². The quantitative estimate of drug-likeness (QED) is 0.326. The summed E-state index contributed by atoms with van der Waals surface area (Å²) in [4.78, 5) is 16.7. The second-order valence-electron chi connectivity index (χ2n) is 8.01. The number of benzene rings is 3. The maximum atomic E-state index is 12.3. The van der Waals surface area contributed by atoms with Gasteiger partial charge in [0.05, 0.1) is 6.20 Å². The molecule has 5 heteroatoms. The number of para-hydroxylation sites is 1. The first-order valence-corrected chi connectivity index (χ1v) is 10.8. The molecule has 4 rings (SSSR count). The Morgan fingerprint density at radius 1 is 0.875 bits per heavy atom. The van der Waals surface area contributed by atoms with Gasteiger partial charge in [-0.15, -0.1) is 0 Å². The molecule has 0 spiro atoms. The van der Waals surface area contributed by atoms with Gasteiger partial charge in [-0.05, 0) is 47.9 Å². The third kappa shape index (κ3) is 5.64. The maximum Gasteiger partial charge on any atom is 0.224 e. The molecule has 0 aliphatic rings. The second-order valence-corrected chi connectivity index (χ2v) is 8.01. The van der Waals surface area contributed by atoms with Gasteiger partial charge in [-0.3, -0.25) is 4.79 Å². The average Bonchev–Trinajstić information content (AvgIpc) is 3.29. The zero-order chi connectivity index (χ0) is 22.3. The van der Waals surface area contributed by atoms with Gasteiger partial charge in [0.1, 0.15) is 0 Å². The first-order valence-electron chi connectivity index (χ1n) is 10.8. The topological polar surface area (TPSA) is 67.2 Å². The van der Waals surface area contributed by atoms with E-state index >= 15 is 0 Å². The summed E-state index contributed by atoms with van der Waals surface area (Å²) in [5, 5.41) is 6.24. The van der Waals surface area contributed by atoms with Crippen LogP contribution in [0.1, 0.15) is 37.6 Å². The lowest BCUT2D eigenvalue weighted by molar-refractivity contribution is -0.116. The zero-order valence-electron chi connectivity index (χ0n) is 18.3. The number of anilines is 3. The second kappa shape index (κ2) is 9.96. The summed E-state index contributed by atoms with van der Waals surface area (Å²) in [5.74, 6) is 1.70. The van der Waals surface area contributed by atoms with E-state index in [1.807, 2.05) is 66.7 Å². The fourth-order valence-electron chi connectivity index (χ4n) is 3.36. The van der Waals surface area contributed by atoms with E-state index < -0.39 is 0 Å². The minimum absolute atomic E-state index is 0.0743. The maximum absolute atomic E-state index is 12.3. The van der Waals surface area contributed by atoms with Crippen LogP contribution in [-0.4, -0.2) is 10.9 Å². The van der Waals surface area contributed by atoms with Gasteiger partial charge >= 0.3 is 0 Å². The van der Waals surface area contributed by atoms with Crippen molar-refractivity contribution >= 4 is 23.0 Å². The molecule has 1 amide bonds.